The molecular formula is C54H38N2. The van der Waals surface area contributed by atoms with Gasteiger partial charge in [-0.05, 0) is 98.8 Å². The van der Waals surface area contributed by atoms with Crippen LogP contribution in [0.25, 0.3) is 72.0 Å². The van der Waals surface area contributed by atoms with E-state index in [1.807, 2.05) is 0 Å². The fraction of sp³-hybridized carbons (Fsp3) is 0. The van der Waals surface area contributed by atoms with E-state index < -0.39 is 0 Å². The third kappa shape index (κ3) is 6.04. The molecule has 0 spiro atoms. The number of hydrogen-bond donors (Lipinski definition) is 0. The lowest BCUT2D eigenvalue weighted by molar-refractivity contribution is 1.14. The van der Waals surface area contributed by atoms with Crippen molar-refractivity contribution >= 4 is 38.7 Å². The van der Waals surface area contributed by atoms with E-state index in [1.54, 1.807) is 0 Å². The lowest BCUT2D eigenvalue weighted by atomic mass is 9.95. The fourth-order valence-electron chi connectivity index (χ4n) is 8.15. The van der Waals surface area contributed by atoms with E-state index in [1.165, 1.54) is 66.3 Å². The minimum atomic E-state index is 1.09. The number of para-hydroxylation sites is 1. The van der Waals surface area contributed by atoms with E-state index in [-0.39, 0.29) is 0 Å². The van der Waals surface area contributed by atoms with Crippen LogP contribution in [-0.2, 0) is 0 Å². The summed E-state index contributed by atoms with van der Waals surface area (Å²) in [5, 5.41) is 3.73. The molecule has 10 aromatic rings. The molecule has 0 bridgehead atoms. The van der Waals surface area contributed by atoms with Crippen molar-refractivity contribution in [1.29, 1.82) is 0 Å². The average molecular weight is 715 g/mol. The average Bonchev–Trinajstić information content (AvgIpc) is 3.64. The molecule has 0 atom stereocenters. The van der Waals surface area contributed by atoms with Gasteiger partial charge in [0.2, 0.25) is 0 Å². The van der Waals surface area contributed by atoms with E-state index in [0.29, 0.717) is 0 Å². The maximum atomic E-state index is 2.44. The van der Waals surface area contributed by atoms with Crippen molar-refractivity contribution in [2.45, 2.75) is 0 Å². The summed E-state index contributed by atoms with van der Waals surface area (Å²) in [6.07, 6.45) is 0. The maximum absolute atomic E-state index is 2.44. The minimum absolute atomic E-state index is 1.09. The molecule has 1 heterocycles. The molecule has 0 saturated heterocycles. The molecule has 56 heavy (non-hydrogen) atoms. The maximum Gasteiger partial charge on any atom is 0.0619 e. The topological polar surface area (TPSA) is 8.17 Å². The largest absolute Gasteiger partial charge is 0.311 e. The number of rotatable bonds is 8. The summed E-state index contributed by atoms with van der Waals surface area (Å²) in [6.45, 7) is 0. The van der Waals surface area contributed by atoms with Gasteiger partial charge in [-0.15, -0.1) is 0 Å². The van der Waals surface area contributed by atoms with Gasteiger partial charge in [0.05, 0.1) is 11.2 Å². The van der Waals surface area contributed by atoms with Crippen LogP contribution in [0.1, 0.15) is 0 Å². The van der Waals surface area contributed by atoms with Gasteiger partial charge in [0.15, 0.2) is 0 Å². The third-order valence-electron chi connectivity index (χ3n) is 10.8. The van der Waals surface area contributed by atoms with E-state index in [9.17, 15) is 0 Å². The zero-order valence-corrected chi connectivity index (χ0v) is 30.8. The Kier molecular flexibility index (Phi) is 8.55. The molecule has 0 radical (unpaired) electrons. The summed E-state index contributed by atoms with van der Waals surface area (Å²) in [6, 6.07) is 83.0. The fourth-order valence-corrected chi connectivity index (χ4v) is 8.15. The smallest absolute Gasteiger partial charge is 0.0619 e. The normalized spacial score (nSPS) is 11.2. The van der Waals surface area contributed by atoms with Crippen LogP contribution in [-0.4, -0.2) is 4.57 Å². The Morgan fingerprint density at radius 2 is 0.714 bits per heavy atom. The first kappa shape index (κ1) is 33.2. The Labute approximate surface area is 327 Å². The van der Waals surface area contributed by atoms with E-state index in [4.69, 9.17) is 0 Å². The van der Waals surface area contributed by atoms with Crippen molar-refractivity contribution in [2.75, 3.05) is 4.90 Å². The summed E-state index contributed by atoms with van der Waals surface area (Å²) in [5.74, 6) is 0. The molecule has 0 aliphatic rings. The molecule has 9 aromatic carbocycles. The Bertz CT molecular complexity index is 2810. The van der Waals surface area contributed by atoms with Crippen molar-refractivity contribution in [3.63, 3.8) is 0 Å². The van der Waals surface area contributed by atoms with Gasteiger partial charge in [-0.1, -0.05) is 176 Å². The molecular weight excluding hydrogens is 677 g/mol. The zero-order chi connectivity index (χ0) is 37.3. The molecule has 0 amide bonds. The Balaban J connectivity index is 1.15. The van der Waals surface area contributed by atoms with Crippen LogP contribution in [0, 0.1) is 0 Å². The van der Waals surface area contributed by atoms with Crippen LogP contribution < -0.4 is 4.90 Å². The molecule has 0 unspecified atom stereocenters. The monoisotopic (exact) mass is 714 g/mol. The molecule has 264 valence electrons. The SMILES string of the molecule is c1ccc(-c2ccc(N(c3ccc(-c4ccccc4)cc3)c3ccc(-c4c(-c5ccccc5)n(-c5ccccc5)c5ccc6ccccc6c45)cc3)cc2)cc1. The number of fused-ring (bicyclic) bond motifs is 3. The highest BCUT2D eigenvalue weighted by molar-refractivity contribution is 6.18. The molecule has 0 saturated carbocycles. The van der Waals surface area contributed by atoms with Gasteiger partial charge in [0.25, 0.3) is 0 Å². The van der Waals surface area contributed by atoms with Crippen molar-refractivity contribution in [3.8, 4) is 50.3 Å². The van der Waals surface area contributed by atoms with Crippen molar-refractivity contribution in [2.24, 2.45) is 0 Å². The molecule has 0 N–H and O–H groups in total. The predicted octanol–water partition coefficient (Wildman–Crippen LogP) is 14.9. The second-order valence-electron chi connectivity index (χ2n) is 14.1. The molecule has 2 heteroatoms. The van der Waals surface area contributed by atoms with Crippen LogP contribution in [0.3, 0.4) is 0 Å². The van der Waals surface area contributed by atoms with E-state index >= 15 is 0 Å². The van der Waals surface area contributed by atoms with E-state index in [2.05, 4.69) is 240 Å². The van der Waals surface area contributed by atoms with Crippen LogP contribution >= 0.6 is 0 Å². The molecule has 0 fully saturated rings. The van der Waals surface area contributed by atoms with Crippen LogP contribution in [0.4, 0.5) is 17.1 Å². The highest BCUT2D eigenvalue weighted by Crippen LogP contribution is 2.46. The number of benzene rings is 9. The van der Waals surface area contributed by atoms with Gasteiger partial charge in [0.1, 0.15) is 0 Å². The number of nitrogens with zero attached hydrogens (tertiary/aromatic N) is 2. The molecule has 0 aliphatic heterocycles. The summed E-state index contributed by atoms with van der Waals surface area (Å²) < 4.78 is 2.44. The highest BCUT2D eigenvalue weighted by atomic mass is 15.1. The van der Waals surface area contributed by atoms with Crippen LogP contribution in [0.15, 0.2) is 231 Å². The Morgan fingerprint density at radius 3 is 1.23 bits per heavy atom. The molecule has 1 aromatic heterocycles. The van der Waals surface area contributed by atoms with Crippen LogP contribution in [0.2, 0.25) is 0 Å². The Morgan fingerprint density at radius 1 is 0.304 bits per heavy atom. The highest BCUT2D eigenvalue weighted by Gasteiger charge is 2.23. The summed E-state index contributed by atoms with van der Waals surface area (Å²) in [4.78, 5) is 2.36. The first-order chi connectivity index (χ1) is 27.8. The lowest BCUT2D eigenvalue weighted by Gasteiger charge is -2.26. The number of anilines is 3. The second-order valence-corrected chi connectivity index (χ2v) is 14.1. The second kappa shape index (κ2) is 14.4. The Hall–Kier alpha value is -7.42. The number of aromatic nitrogens is 1. The number of hydrogen-bond acceptors (Lipinski definition) is 1. The quantitative estimate of drug-likeness (QED) is 0.152. The third-order valence-corrected chi connectivity index (χ3v) is 10.8. The molecule has 10 rings (SSSR count). The van der Waals surface area contributed by atoms with Crippen molar-refractivity contribution in [1.82, 2.24) is 4.57 Å². The molecule has 0 aliphatic carbocycles. The standard InChI is InChI=1S/C54H38N2/c1-5-15-39(16-6-1)41-25-32-47(33-26-41)55(48-34-27-42(28-35-48)40-17-7-2-8-18-40)49-36-29-44(30-37-49)52-53-50-24-14-13-19-43(50)31-38-51(53)56(46-22-11-4-12-23-46)54(52)45-20-9-3-10-21-45/h1-38H. The minimum Gasteiger partial charge on any atom is -0.311 e. The first-order valence-electron chi connectivity index (χ1n) is 19.2. The van der Waals surface area contributed by atoms with Gasteiger partial charge < -0.3 is 9.47 Å². The van der Waals surface area contributed by atoms with Crippen molar-refractivity contribution in [3.05, 3.63) is 231 Å². The van der Waals surface area contributed by atoms with Crippen LogP contribution in [0.5, 0.6) is 0 Å². The first-order valence-corrected chi connectivity index (χ1v) is 19.2. The summed E-state index contributed by atoms with van der Waals surface area (Å²) >= 11 is 0. The summed E-state index contributed by atoms with van der Waals surface area (Å²) in [7, 11) is 0. The molecule has 2 nitrogen and oxygen atoms in total. The predicted molar refractivity (Wildman–Crippen MR) is 237 cm³/mol. The van der Waals surface area contributed by atoms with Gasteiger partial charge in [0, 0.05) is 33.7 Å². The van der Waals surface area contributed by atoms with Gasteiger partial charge in [-0.25, -0.2) is 0 Å². The summed E-state index contributed by atoms with van der Waals surface area (Å²) in [5.41, 5.74) is 15.2. The van der Waals surface area contributed by atoms with Gasteiger partial charge in [-0.2, -0.15) is 0 Å². The van der Waals surface area contributed by atoms with Gasteiger partial charge >= 0.3 is 0 Å². The lowest BCUT2D eigenvalue weighted by Crippen LogP contribution is -2.09. The zero-order valence-electron chi connectivity index (χ0n) is 30.8. The van der Waals surface area contributed by atoms with Gasteiger partial charge in [-0.3, -0.25) is 0 Å². The van der Waals surface area contributed by atoms with Crippen molar-refractivity contribution < 1.29 is 0 Å². The van der Waals surface area contributed by atoms with E-state index in [0.717, 1.165) is 22.7 Å².